The maximum atomic E-state index is 14.8. The van der Waals surface area contributed by atoms with Gasteiger partial charge in [-0.15, -0.1) is 0 Å². The first-order valence-corrected chi connectivity index (χ1v) is 24.8. The number of nitrogens with one attached hydrogen (secondary N) is 1. The zero-order valence-electron chi connectivity index (χ0n) is 43.1. The summed E-state index contributed by atoms with van der Waals surface area (Å²) in [5, 5.41) is 3.16. The van der Waals surface area contributed by atoms with E-state index in [0.717, 1.165) is 28.1 Å². The third-order valence-corrected chi connectivity index (χ3v) is 11.1. The lowest BCUT2D eigenvalue weighted by Crippen LogP contribution is -2.46. The second-order valence-corrected chi connectivity index (χ2v) is 18.9. The van der Waals surface area contributed by atoms with Crippen LogP contribution < -0.4 is 10.1 Å². The van der Waals surface area contributed by atoms with E-state index < -0.39 is 17.5 Å². The summed E-state index contributed by atoms with van der Waals surface area (Å²) < 4.78 is 78.9. The summed E-state index contributed by atoms with van der Waals surface area (Å²) in [6.07, 6.45) is 0.450. The average molecular weight is 993 g/mol. The summed E-state index contributed by atoms with van der Waals surface area (Å²) >= 11 is 0. The van der Waals surface area contributed by atoms with Crippen molar-refractivity contribution < 1.29 is 66.1 Å². The highest BCUT2D eigenvalue weighted by atomic mass is 19.1. The lowest BCUT2D eigenvalue weighted by Gasteiger charge is -2.41. The predicted octanol–water partition coefficient (Wildman–Crippen LogP) is 9.49. The van der Waals surface area contributed by atoms with Gasteiger partial charge in [-0.05, 0) is 107 Å². The van der Waals surface area contributed by atoms with Crippen LogP contribution in [-0.2, 0) is 58.7 Å². The number of anilines is 1. The number of amides is 1. The van der Waals surface area contributed by atoms with Crippen LogP contribution in [-0.4, -0.2) is 140 Å². The minimum atomic E-state index is -0.941. The van der Waals surface area contributed by atoms with Gasteiger partial charge in [0.25, 0.3) is 5.91 Å². The predicted molar refractivity (Wildman–Crippen MR) is 270 cm³/mol. The number of ether oxygens (including phenoxy) is 11. The molecule has 2 atom stereocenters. The minimum absolute atomic E-state index is 0.102. The third-order valence-electron chi connectivity index (χ3n) is 11.1. The molecule has 4 aromatic rings. The van der Waals surface area contributed by atoms with Gasteiger partial charge in [0.15, 0.2) is 5.79 Å². The van der Waals surface area contributed by atoms with Crippen LogP contribution in [0.5, 0.6) is 5.75 Å². The van der Waals surface area contributed by atoms with Gasteiger partial charge in [-0.1, -0.05) is 44.2 Å². The highest BCUT2D eigenvalue weighted by Gasteiger charge is 2.38. The average Bonchev–Trinajstić information content (AvgIpc) is 3.67. The third kappa shape index (κ3) is 20.0. The maximum Gasteiger partial charge on any atom is 0.308 e. The summed E-state index contributed by atoms with van der Waals surface area (Å²) in [5.74, 6) is -1.39. The molecule has 0 aliphatic carbocycles. The van der Waals surface area contributed by atoms with Crippen LogP contribution in [0.1, 0.15) is 89.7 Å². The largest absolute Gasteiger partial charge is 0.491 e. The van der Waals surface area contributed by atoms with Gasteiger partial charge in [0.1, 0.15) is 23.8 Å². The van der Waals surface area contributed by atoms with Crippen molar-refractivity contribution in [1.29, 1.82) is 0 Å². The number of aromatic nitrogens is 1. The van der Waals surface area contributed by atoms with Gasteiger partial charge in [0, 0.05) is 37.0 Å². The van der Waals surface area contributed by atoms with Gasteiger partial charge in [-0.2, -0.15) is 0 Å². The summed E-state index contributed by atoms with van der Waals surface area (Å²) in [5.41, 5.74) is 4.46. The monoisotopic (exact) mass is 993 g/mol. The van der Waals surface area contributed by atoms with Crippen LogP contribution in [0.15, 0.2) is 78.9 Å². The Morgan fingerprint density at radius 3 is 1.75 bits per heavy atom. The van der Waals surface area contributed by atoms with Gasteiger partial charge < -0.3 is 62.0 Å². The van der Waals surface area contributed by atoms with Crippen LogP contribution in [0.3, 0.4) is 0 Å². The number of rotatable bonds is 32. The first kappa shape index (κ1) is 57.2. The number of nitrogens with zero attached hydrogens (tertiary/aromatic N) is 1. The van der Waals surface area contributed by atoms with E-state index in [1.165, 1.54) is 12.1 Å². The van der Waals surface area contributed by atoms with E-state index in [2.05, 4.69) is 23.7 Å². The first-order valence-electron chi connectivity index (χ1n) is 24.8. The molecule has 0 radical (unpaired) electrons. The summed E-state index contributed by atoms with van der Waals surface area (Å²) in [6, 6.07) is 23.4. The Morgan fingerprint density at radius 2 is 1.23 bits per heavy atom. The Bertz CT molecular complexity index is 2160. The van der Waals surface area contributed by atoms with Crippen molar-refractivity contribution in [1.82, 2.24) is 4.57 Å². The molecule has 0 spiro atoms. The Balaban J connectivity index is 1.16. The van der Waals surface area contributed by atoms with Crippen LogP contribution >= 0.6 is 0 Å². The van der Waals surface area contributed by atoms with E-state index in [1.54, 1.807) is 19.2 Å². The van der Waals surface area contributed by atoms with E-state index in [0.29, 0.717) is 129 Å². The number of carbonyl (C=O) groups excluding carboxylic acids is 2. The fourth-order valence-corrected chi connectivity index (χ4v) is 8.25. The number of esters is 1. The Kier molecular flexibility index (Phi) is 23.9. The molecule has 0 bridgehead atoms. The number of halogens is 1. The van der Waals surface area contributed by atoms with Gasteiger partial charge in [-0.3, -0.25) is 9.59 Å². The highest BCUT2D eigenvalue weighted by Crippen LogP contribution is 2.43. The fourth-order valence-electron chi connectivity index (χ4n) is 8.25. The molecule has 1 amide bonds. The summed E-state index contributed by atoms with van der Waals surface area (Å²) in [4.78, 5) is 27.7. The zero-order valence-corrected chi connectivity index (χ0v) is 43.1. The first-order chi connectivity index (χ1) is 34.1. The molecule has 2 heterocycles. The standard InChI is InChI=1S/C55H77FN2O13/c1-40(2)51-50(53(60)57-44-18-20-45(21-19-44)68-37-36-67-35-34-66-33-32-65-31-30-64-29-28-63-27-26-62-25-24-61-8)49(41-12-10-9-11-13-41)52(42-14-16-43(56)17-15-42)58(51)23-22-46-38-47(70-55(6,7)69-46)39-48(59)71-54(3,4)5/h9-21,40,46-47H,22-39H2,1-8H3,(H,57,60)/t46-,47-/m1/s1. The number of benzene rings is 3. The molecule has 1 N–H and O–H groups in total. The second-order valence-electron chi connectivity index (χ2n) is 18.9. The van der Waals surface area contributed by atoms with E-state index in [9.17, 15) is 14.0 Å². The van der Waals surface area contributed by atoms with Crippen molar-refractivity contribution in [2.45, 2.75) is 104 Å². The van der Waals surface area contributed by atoms with E-state index in [4.69, 9.17) is 52.1 Å². The maximum absolute atomic E-state index is 14.8. The van der Waals surface area contributed by atoms with Gasteiger partial charge >= 0.3 is 5.97 Å². The Labute approximate surface area is 419 Å². The normalized spacial score (nSPS) is 15.8. The molecule has 1 aliphatic heterocycles. The highest BCUT2D eigenvalue weighted by molar-refractivity contribution is 6.12. The van der Waals surface area contributed by atoms with Crippen LogP contribution in [0, 0.1) is 5.82 Å². The van der Waals surface area contributed by atoms with Crippen LogP contribution in [0.2, 0.25) is 0 Å². The molecule has 1 fully saturated rings. The van der Waals surface area contributed by atoms with E-state index >= 15 is 0 Å². The fraction of sp³-hybridized carbons (Fsp3) is 0.564. The molecule has 3 aromatic carbocycles. The lowest BCUT2D eigenvalue weighted by molar-refractivity contribution is -0.301. The quantitative estimate of drug-likeness (QED) is 0.0366. The topological polar surface area (TPSA) is 153 Å². The van der Waals surface area contributed by atoms with Crippen molar-refractivity contribution in [2.75, 3.05) is 105 Å². The molecule has 71 heavy (non-hydrogen) atoms. The number of carbonyl (C=O) groups is 2. The van der Waals surface area contributed by atoms with Crippen molar-refractivity contribution in [3.8, 4) is 28.1 Å². The van der Waals surface area contributed by atoms with Gasteiger partial charge in [-0.25, -0.2) is 4.39 Å². The van der Waals surface area contributed by atoms with E-state index in [1.807, 2.05) is 89.2 Å². The van der Waals surface area contributed by atoms with Gasteiger partial charge in [0.05, 0.1) is 116 Å². The smallest absolute Gasteiger partial charge is 0.308 e. The molecule has 16 heteroatoms. The molecule has 1 aliphatic rings. The van der Waals surface area contributed by atoms with Crippen molar-refractivity contribution in [3.63, 3.8) is 0 Å². The SMILES string of the molecule is COCCOCCOCCOCCOCCOCCOCCOc1ccc(NC(=O)c2c(-c3ccccc3)c(-c3ccc(F)cc3)n(CC[C@@H]3C[C@H](CC(=O)OC(C)(C)C)OC(C)(C)O3)c2C(C)C)cc1. The van der Waals surface area contributed by atoms with Crippen molar-refractivity contribution in [2.24, 2.45) is 0 Å². The Hall–Kier alpha value is -4.75. The van der Waals surface area contributed by atoms with Crippen LogP contribution in [0.25, 0.3) is 22.4 Å². The number of methoxy groups -OCH3 is 1. The second kappa shape index (κ2) is 29.7. The molecule has 1 saturated heterocycles. The van der Waals surface area contributed by atoms with Gasteiger partial charge in [0.2, 0.25) is 0 Å². The summed E-state index contributed by atoms with van der Waals surface area (Å²) in [6.45, 7) is 20.4. The summed E-state index contributed by atoms with van der Waals surface area (Å²) in [7, 11) is 1.64. The molecule has 392 valence electrons. The molecular formula is C55H77FN2O13. The van der Waals surface area contributed by atoms with Crippen molar-refractivity contribution >= 4 is 17.6 Å². The van der Waals surface area contributed by atoms with Crippen molar-refractivity contribution in [3.05, 3.63) is 95.9 Å². The molecule has 0 saturated carbocycles. The molecule has 5 rings (SSSR count). The number of hydrogen-bond acceptors (Lipinski definition) is 13. The zero-order chi connectivity index (χ0) is 51.1. The minimum Gasteiger partial charge on any atom is -0.491 e. The molecule has 15 nitrogen and oxygen atoms in total. The Morgan fingerprint density at radius 1 is 0.704 bits per heavy atom. The number of hydrogen-bond donors (Lipinski definition) is 1. The van der Waals surface area contributed by atoms with Crippen LogP contribution in [0.4, 0.5) is 10.1 Å². The lowest BCUT2D eigenvalue weighted by atomic mass is 9.94. The molecule has 1 aromatic heterocycles. The van der Waals surface area contributed by atoms with E-state index in [-0.39, 0.29) is 36.1 Å². The molecule has 0 unspecified atom stereocenters. The molecular weight excluding hydrogens is 916 g/mol.